The average molecular weight is 401 g/mol. The number of amides is 1. The summed E-state index contributed by atoms with van der Waals surface area (Å²) >= 11 is 0. The van der Waals surface area contributed by atoms with Crippen LogP contribution < -0.4 is 14.8 Å². The smallest absolute Gasteiger partial charge is 0.287 e. The van der Waals surface area contributed by atoms with Gasteiger partial charge >= 0.3 is 0 Å². The first-order valence-corrected chi connectivity index (χ1v) is 9.64. The lowest BCUT2D eigenvalue weighted by Gasteiger charge is -2.11. The van der Waals surface area contributed by atoms with Gasteiger partial charge in [-0.05, 0) is 42.0 Å². The number of carbonyl (C=O) groups is 1. The van der Waals surface area contributed by atoms with Crippen molar-refractivity contribution in [2.75, 3.05) is 13.7 Å². The lowest BCUT2D eigenvalue weighted by Crippen LogP contribution is -2.34. The van der Waals surface area contributed by atoms with Gasteiger partial charge < -0.3 is 19.2 Å². The van der Waals surface area contributed by atoms with Crippen LogP contribution in [0.15, 0.2) is 65.1 Å². The summed E-state index contributed by atoms with van der Waals surface area (Å²) in [5.41, 5.74) is 3.49. The number of furan rings is 1. The van der Waals surface area contributed by atoms with Gasteiger partial charge in [0, 0.05) is 23.4 Å². The van der Waals surface area contributed by atoms with E-state index in [0.717, 1.165) is 28.0 Å². The number of rotatable bonds is 5. The van der Waals surface area contributed by atoms with Crippen molar-refractivity contribution >= 4 is 16.9 Å². The molecule has 2 aromatic heterocycles. The lowest BCUT2D eigenvalue weighted by atomic mass is 10.0. The molecule has 1 aliphatic heterocycles. The molecule has 0 bridgehead atoms. The highest BCUT2D eigenvalue weighted by Gasteiger charge is 2.24. The fraction of sp³-hybridized carbons (Fsp3) is 0.174. The van der Waals surface area contributed by atoms with Gasteiger partial charge in [0.2, 0.25) is 5.88 Å². The van der Waals surface area contributed by atoms with Crippen molar-refractivity contribution in [3.63, 3.8) is 0 Å². The molecule has 2 aromatic carbocycles. The predicted molar refractivity (Wildman–Crippen MR) is 111 cm³/mol. The van der Waals surface area contributed by atoms with Crippen LogP contribution in [-0.2, 0) is 6.42 Å². The maximum Gasteiger partial charge on any atom is 0.287 e. The summed E-state index contributed by atoms with van der Waals surface area (Å²) in [7, 11) is 1.56. The number of para-hydroxylation sites is 1. The van der Waals surface area contributed by atoms with E-state index in [-0.39, 0.29) is 12.0 Å². The van der Waals surface area contributed by atoms with Gasteiger partial charge in [0.1, 0.15) is 17.4 Å². The van der Waals surface area contributed by atoms with Gasteiger partial charge in [-0.15, -0.1) is 10.2 Å². The molecule has 1 amide bonds. The second-order valence-corrected chi connectivity index (χ2v) is 7.09. The predicted octanol–water partition coefficient (Wildman–Crippen LogP) is 3.63. The molecule has 4 aromatic rings. The van der Waals surface area contributed by atoms with E-state index in [1.54, 1.807) is 19.2 Å². The molecule has 7 heteroatoms. The molecule has 0 unspecified atom stereocenters. The van der Waals surface area contributed by atoms with E-state index in [9.17, 15) is 4.79 Å². The molecule has 3 heterocycles. The van der Waals surface area contributed by atoms with Crippen LogP contribution >= 0.6 is 0 Å². The first kappa shape index (κ1) is 18.2. The largest absolute Gasteiger partial charge is 0.488 e. The third-order valence-corrected chi connectivity index (χ3v) is 5.09. The summed E-state index contributed by atoms with van der Waals surface area (Å²) in [6, 6.07) is 18.9. The second-order valence-electron chi connectivity index (χ2n) is 7.09. The van der Waals surface area contributed by atoms with Crippen LogP contribution in [0, 0.1) is 0 Å². The van der Waals surface area contributed by atoms with Gasteiger partial charge in [0.15, 0.2) is 5.76 Å². The highest BCUT2D eigenvalue weighted by atomic mass is 16.5. The number of aromatic nitrogens is 2. The van der Waals surface area contributed by atoms with Crippen molar-refractivity contribution < 1.29 is 18.7 Å². The average Bonchev–Trinajstić information content (AvgIpc) is 3.40. The van der Waals surface area contributed by atoms with Gasteiger partial charge in [-0.1, -0.05) is 18.2 Å². The fourth-order valence-corrected chi connectivity index (χ4v) is 3.56. The Morgan fingerprint density at radius 1 is 1.13 bits per heavy atom. The molecule has 5 rings (SSSR count). The molecule has 150 valence electrons. The van der Waals surface area contributed by atoms with E-state index in [4.69, 9.17) is 13.9 Å². The van der Waals surface area contributed by atoms with E-state index < -0.39 is 0 Å². The summed E-state index contributed by atoms with van der Waals surface area (Å²) in [6.45, 7) is 0.391. The molecule has 1 atom stereocenters. The number of nitrogens with one attached hydrogen (secondary N) is 1. The highest BCUT2D eigenvalue weighted by Crippen LogP contribution is 2.32. The van der Waals surface area contributed by atoms with Crippen LogP contribution in [0.3, 0.4) is 0 Å². The molecule has 0 fully saturated rings. The van der Waals surface area contributed by atoms with Crippen LogP contribution in [0.1, 0.15) is 16.1 Å². The number of fused-ring (bicyclic) bond motifs is 2. The van der Waals surface area contributed by atoms with Crippen LogP contribution in [0.5, 0.6) is 11.6 Å². The number of methoxy groups -OCH3 is 1. The first-order valence-electron chi connectivity index (χ1n) is 9.64. The van der Waals surface area contributed by atoms with Crippen molar-refractivity contribution in [2.24, 2.45) is 0 Å². The molecule has 1 N–H and O–H groups in total. The van der Waals surface area contributed by atoms with Crippen molar-refractivity contribution in [2.45, 2.75) is 12.5 Å². The number of ether oxygens (including phenoxy) is 2. The Labute approximate surface area is 172 Å². The Bertz CT molecular complexity index is 1180. The SMILES string of the molecule is COc1ccc(-c2ccc3c(c2)C[C@@H](CNC(=O)c2cc4ccccc4o2)O3)nn1. The Balaban J connectivity index is 1.24. The maximum atomic E-state index is 12.4. The zero-order valence-corrected chi connectivity index (χ0v) is 16.3. The van der Waals surface area contributed by atoms with Gasteiger partial charge in [0.05, 0.1) is 19.3 Å². The third kappa shape index (κ3) is 3.45. The molecule has 1 aliphatic rings. The number of benzene rings is 2. The van der Waals surface area contributed by atoms with E-state index in [0.29, 0.717) is 30.2 Å². The summed E-state index contributed by atoms with van der Waals surface area (Å²) in [4.78, 5) is 12.4. The number of nitrogens with zero attached hydrogens (tertiary/aromatic N) is 2. The number of hydrogen-bond acceptors (Lipinski definition) is 6. The summed E-state index contributed by atoms with van der Waals surface area (Å²) in [5, 5.41) is 12.0. The Kier molecular flexibility index (Phi) is 4.55. The Hall–Kier alpha value is -3.87. The Morgan fingerprint density at radius 3 is 2.83 bits per heavy atom. The zero-order valence-electron chi connectivity index (χ0n) is 16.3. The fourth-order valence-electron chi connectivity index (χ4n) is 3.56. The minimum absolute atomic E-state index is 0.134. The second kappa shape index (κ2) is 7.51. The van der Waals surface area contributed by atoms with Crippen LogP contribution in [0.4, 0.5) is 0 Å². The number of carbonyl (C=O) groups excluding carboxylic acids is 1. The molecule has 0 spiro atoms. The summed E-state index contributed by atoms with van der Waals surface area (Å²) < 4.78 is 16.6. The van der Waals surface area contributed by atoms with Crippen molar-refractivity contribution in [3.05, 3.63) is 72.0 Å². The van der Waals surface area contributed by atoms with Crippen LogP contribution in [0.2, 0.25) is 0 Å². The Morgan fingerprint density at radius 2 is 2.03 bits per heavy atom. The van der Waals surface area contributed by atoms with Gasteiger partial charge in [-0.2, -0.15) is 0 Å². The molecule has 7 nitrogen and oxygen atoms in total. The summed E-state index contributed by atoms with van der Waals surface area (Å²) in [6.07, 6.45) is 0.568. The quantitative estimate of drug-likeness (QED) is 0.550. The maximum absolute atomic E-state index is 12.4. The van der Waals surface area contributed by atoms with Gasteiger partial charge in [-0.3, -0.25) is 4.79 Å². The molecule has 0 aliphatic carbocycles. The summed E-state index contributed by atoms with van der Waals surface area (Å²) in [5.74, 6) is 1.35. The van der Waals surface area contributed by atoms with Gasteiger partial charge in [0.25, 0.3) is 5.91 Å². The lowest BCUT2D eigenvalue weighted by molar-refractivity contribution is 0.0908. The highest BCUT2D eigenvalue weighted by molar-refractivity contribution is 5.96. The minimum atomic E-state index is -0.250. The third-order valence-electron chi connectivity index (χ3n) is 5.09. The zero-order chi connectivity index (χ0) is 20.5. The van der Waals surface area contributed by atoms with Crippen LogP contribution in [0.25, 0.3) is 22.2 Å². The van der Waals surface area contributed by atoms with Crippen molar-refractivity contribution in [1.29, 1.82) is 0 Å². The van der Waals surface area contributed by atoms with E-state index in [1.807, 2.05) is 48.5 Å². The van der Waals surface area contributed by atoms with Crippen molar-refractivity contribution in [3.8, 4) is 22.9 Å². The topological polar surface area (TPSA) is 86.5 Å². The molecule has 0 saturated heterocycles. The minimum Gasteiger partial charge on any atom is -0.488 e. The monoisotopic (exact) mass is 401 g/mol. The molecule has 0 saturated carbocycles. The molecule has 30 heavy (non-hydrogen) atoms. The van der Waals surface area contributed by atoms with Crippen molar-refractivity contribution in [1.82, 2.24) is 15.5 Å². The molecule has 0 radical (unpaired) electrons. The first-order chi connectivity index (χ1) is 14.7. The number of hydrogen-bond donors (Lipinski definition) is 1. The molecular weight excluding hydrogens is 382 g/mol. The standard InChI is InChI=1S/C23H19N3O4/c1-28-22-9-7-18(25-26-22)14-6-8-20-16(10-14)11-17(29-20)13-24-23(27)21-12-15-4-2-3-5-19(15)30-21/h2-10,12,17H,11,13H2,1H3,(H,24,27)/t17-/m0/s1. The van der Waals surface area contributed by atoms with E-state index >= 15 is 0 Å². The van der Waals surface area contributed by atoms with Crippen LogP contribution in [-0.4, -0.2) is 35.9 Å². The van der Waals surface area contributed by atoms with Gasteiger partial charge in [-0.25, -0.2) is 0 Å². The molecular formula is C23H19N3O4. The van der Waals surface area contributed by atoms with E-state index in [1.165, 1.54) is 0 Å². The van der Waals surface area contributed by atoms with E-state index in [2.05, 4.69) is 15.5 Å². The normalized spacial score (nSPS) is 14.9.